The lowest BCUT2D eigenvalue weighted by atomic mass is 10.0. The summed E-state index contributed by atoms with van der Waals surface area (Å²) in [6.45, 7) is 5.81. The molecule has 0 N–H and O–H groups in total. The molecule has 0 amide bonds. The van der Waals surface area contributed by atoms with Crippen LogP contribution in [0.2, 0.25) is 0 Å². The Morgan fingerprint density at radius 3 is 2.18 bits per heavy atom. The second kappa shape index (κ2) is 6.11. The molecule has 0 unspecified atom stereocenters. The van der Waals surface area contributed by atoms with Crippen LogP contribution in [0.25, 0.3) is 0 Å². The Balaban J connectivity index is 1.69. The quantitative estimate of drug-likeness (QED) is 0.812. The number of hydrogen-bond donors (Lipinski definition) is 0. The third-order valence-corrected chi connectivity index (χ3v) is 4.88. The number of halogens is 3. The molecule has 2 heterocycles. The van der Waals surface area contributed by atoms with Gasteiger partial charge in [0.25, 0.3) is 0 Å². The third kappa shape index (κ3) is 3.40. The standard InChI is InChI=1S/C17H23F3N2/c1-13-10-14(17(18,19)20)12-16(11-13)22-8-4-15(5-9-22)21-6-2-3-7-21/h10-12,15H,2-9H2,1H3. The van der Waals surface area contributed by atoms with Crippen molar-refractivity contribution in [2.24, 2.45) is 0 Å². The summed E-state index contributed by atoms with van der Waals surface area (Å²) in [7, 11) is 0. The summed E-state index contributed by atoms with van der Waals surface area (Å²) in [5.74, 6) is 0. The van der Waals surface area contributed by atoms with Crippen molar-refractivity contribution in [3.8, 4) is 0 Å². The number of aryl methyl sites for hydroxylation is 1. The summed E-state index contributed by atoms with van der Waals surface area (Å²) in [6, 6.07) is 5.00. The Morgan fingerprint density at radius 2 is 1.59 bits per heavy atom. The molecule has 2 aliphatic rings. The number of piperidine rings is 1. The fourth-order valence-electron chi connectivity index (χ4n) is 3.71. The maximum atomic E-state index is 13.0. The molecule has 0 spiro atoms. The molecule has 3 rings (SSSR count). The third-order valence-electron chi connectivity index (χ3n) is 4.88. The van der Waals surface area contributed by atoms with Gasteiger partial charge in [0.2, 0.25) is 0 Å². The van der Waals surface area contributed by atoms with Crippen LogP contribution in [0.1, 0.15) is 36.8 Å². The normalized spacial score (nSPS) is 21.5. The molecule has 0 aromatic heterocycles. The second-order valence-electron chi connectivity index (χ2n) is 6.52. The van der Waals surface area contributed by atoms with E-state index in [9.17, 15) is 13.2 Å². The lowest BCUT2D eigenvalue weighted by molar-refractivity contribution is -0.137. The van der Waals surface area contributed by atoms with Crippen LogP contribution in [0.4, 0.5) is 18.9 Å². The lowest BCUT2D eigenvalue weighted by Crippen LogP contribution is -2.43. The molecular weight excluding hydrogens is 289 g/mol. The number of rotatable bonds is 2. The minimum absolute atomic E-state index is 0.538. The van der Waals surface area contributed by atoms with Crippen molar-refractivity contribution in [3.63, 3.8) is 0 Å². The predicted octanol–water partition coefficient (Wildman–Crippen LogP) is 4.08. The Kier molecular flexibility index (Phi) is 4.35. The van der Waals surface area contributed by atoms with Crippen molar-refractivity contribution in [2.75, 3.05) is 31.1 Å². The summed E-state index contributed by atoms with van der Waals surface area (Å²) in [5.41, 5.74) is 0.850. The molecule has 122 valence electrons. The first-order chi connectivity index (χ1) is 10.4. The zero-order valence-electron chi connectivity index (χ0n) is 13.0. The number of likely N-dealkylation sites (tertiary alicyclic amines) is 1. The molecule has 0 bridgehead atoms. The van der Waals surface area contributed by atoms with Gasteiger partial charge in [-0.25, -0.2) is 0 Å². The summed E-state index contributed by atoms with van der Waals surface area (Å²) in [6.07, 6.45) is 0.402. The molecule has 2 saturated heterocycles. The Hall–Kier alpha value is -1.23. The maximum absolute atomic E-state index is 13.0. The summed E-state index contributed by atoms with van der Waals surface area (Å²) in [4.78, 5) is 4.66. The van der Waals surface area contributed by atoms with Gasteiger partial charge in [0.15, 0.2) is 0 Å². The van der Waals surface area contributed by atoms with Crippen LogP contribution < -0.4 is 4.90 Å². The molecular formula is C17H23F3N2. The van der Waals surface area contributed by atoms with E-state index >= 15 is 0 Å². The molecule has 0 atom stereocenters. The van der Waals surface area contributed by atoms with Gasteiger partial charge in [-0.05, 0) is 69.5 Å². The average Bonchev–Trinajstić information content (AvgIpc) is 3.00. The van der Waals surface area contributed by atoms with Gasteiger partial charge in [-0.3, -0.25) is 0 Å². The van der Waals surface area contributed by atoms with Crippen LogP contribution in [0.15, 0.2) is 18.2 Å². The second-order valence-corrected chi connectivity index (χ2v) is 6.52. The average molecular weight is 312 g/mol. The van der Waals surface area contributed by atoms with Gasteiger partial charge in [0.1, 0.15) is 0 Å². The van der Waals surface area contributed by atoms with Crippen molar-refractivity contribution in [1.82, 2.24) is 4.90 Å². The van der Waals surface area contributed by atoms with E-state index in [0.717, 1.165) is 25.9 Å². The van der Waals surface area contributed by atoms with E-state index in [1.807, 2.05) is 6.07 Å². The van der Waals surface area contributed by atoms with E-state index in [1.165, 1.54) is 38.1 Å². The first kappa shape index (κ1) is 15.7. The number of nitrogens with zero attached hydrogens (tertiary/aromatic N) is 2. The molecule has 5 heteroatoms. The van der Waals surface area contributed by atoms with E-state index in [1.54, 1.807) is 6.92 Å². The van der Waals surface area contributed by atoms with Crippen LogP contribution in [0, 0.1) is 6.92 Å². The fraction of sp³-hybridized carbons (Fsp3) is 0.647. The van der Waals surface area contributed by atoms with Gasteiger partial charge in [0.05, 0.1) is 5.56 Å². The van der Waals surface area contributed by atoms with Crippen LogP contribution in [-0.2, 0) is 6.18 Å². The van der Waals surface area contributed by atoms with E-state index in [4.69, 9.17) is 0 Å². The largest absolute Gasteiger partial charge is 0.416 e. The van der Waals surface area contributed by atoms with Crippen molar-refractivity contribution >= 4 is 5.69 Å². The minimum atomic E-state index is -4.27. The first-order valence-corrected chi connectivity index (χ1v) is 8.11. The van der Waals surface area contributed by atoms with Gasteiger partial charge in [-0.2, -0.15) is 13.2 Å². The Bertz CT molecular complexity index is 513. The smallest absolute Gasteiger partial charge is 0.371 e. The van der Waals surface area contributed by atoms with Crippen LogP contribution in [-0.4, -0.2) is 37.1 Å². The summed E-state index contributed by atoms with van der Waals surface area (Å²) in [5, 5.41) is 0. The van der Waals surface area contributed by atoms with Gasteiger partial charge >= 0.3 is 6.18 Å². The molecule has 1 aromatic carbocycles. The molecule has 1 aromatic rings. The molecule has 2 aliphatic heterocycles. The van der Waals surface area contributed by atoms with Crippen molar-refractivity contribution in [2.45, 2.75) is 44.8 Å². The Morgan fingerprint density at radius 1 is 0.955 bits per heavy atom. The Labute approximate surface area is 129 Å². The summed E-state index contributed by atoms with van der Waals surface area (Å²) >= 11 is 0. The van der Waals surface area contributed by atoms with Gasteiger partial charge in [0, 0.05) is 24.8 Å². The van der Waals surface area contributed by atoms with Crippen molar-refractivity contribution in [3.05, 3.63) is 29.3 Å². The number of anilines is 1. The van der Waals surface area contributed by atoms with Crippen molar-refractivity contribution < 1.29 is 13.2 Å². The number of benzene rings is 1. The molecule has 0 aliphatic carbocycles. The van der Waals surface area contributed by atoms with Gasteiger partial charge in [-0.15, -0.1) is 0 Å². The molecule has 0 saturated carbocycles. The predicted molar refractivity (Wildman–Crippen MR) is 82.2 cm³/mol. The highest BCUT2D eigenvalue weighted by molar-refractivity contribution is 5.52. The van der Waals surface area contributed by atoms with Crippen LogP contribution in [0.5, 0.6) is 0 Å². The zero-order chi connectivity index (χ0) is 15.7. The van der Waals surface area contributed by atoms with E-state index in [0.29, 0.717) is 17.3 Å². The van der Waals surface area contributed by atoms with Crippen molar-refractivity contribution in [1.29, 1.82) is 0 Å². The molecule has 22 heavy (non-hydrogen) atoms. The van der Waals surface area contributed by atoms with E-state index < -0.39 is 11.7 Å². The fourth-order valence-corrected chi connectivity index (χ4v) is 3.71. The van der Waals surface area contributed by atoms with E-state index in [-0.39, 0.29) is 0 Å². The number of alkyl halides is 3. The molecule has 2 nitrogen and oxygen atoms in total. The van der Waals surface area contributed by atoms with Gasteiger partial charge < -0.3 is 9.80 Å². The zero-order valence-corrected chi connectivity index (χ0v) is 13.0. The van der Waals surface area contributed by atoms with Crippen LogP contribution >= 0.6 is 0 Å². The summed E-state index contributed by atoms with van der Waals surface area (Å²) < 4.78 is 38.9. The highest BCUT2D eigenvalue weighted by Crippen LogP contribution is 2.34. The van der Waals surface area contributed by atoms with Crippen LogP contribution in [0.3, 0.4) is 0 Å². The SMILES string of the molecule is Cc1cc(N2CCC(N3CCCC3)CC2)cc(C(F)(F)F)c1. The lowest BCUT2D eigenvalue weighted by Gasteiger charge is -2.38. The molecule has 2 fully saturated rings. The van der Waals surface area contributed by atoms with E-state index in [2.05, 4.69) is 9.80 Å². The molecule has 0 radical (unpaired) electrons. The monoisotopic (exact) mass is 312 g/mol. The number of hydrogen-bond acceptors (Lipinski definition) is 2. The minimum Gasteiger partial charge on any atom is -0.371 e. The highest BCUT2D eigenvalue weighted by atomic mass is 19.4. The topological polar surface area (TPSA) is 6.48 Å². The van der Waals surface area contributed by atoms with Gasteiger partial charge in [-0.1, -0.05) is 0 Å². The highest BCUT2D eigenvalue weighted by Gasteiger charge is 2.32. The first-order valence-electron chi connectivity index (χ1n) is 8.11. The maximum Gasteiger partial charge on any atom is 0.416 e.